The van der Waals surface area contributed by atoms with Gasteiger partial charge in [0.2, 0.25) is 0 Å². The summed E-state index contributed by atoms with van der Waals surface area (Å²) in [6, 6.07) is 17.7. The van der Waals surface area contributed by atoms with Gasteiger partial charge in [-0.3, -0.25) is 0 Å². The van der Waals surface area contributed by atoms with E-state index in [0.29, 0.717) is 18.6 Å². The predicted molar refractivity (Wildman–Crippen MR) is 125 cm³/mol. The number of benzene rings is 2. The van der Waals surface area contributed by atoms with Gasteiger partial charge < -0.3 is 15.1 Å². The zero-order chi connectivity index (χ0) is 19.5. The van der Waals surface area contributed by atoms with Crippen LogP contribution in [-0.4, -0.2) is 32.8 Å². The fraction of sp³-hybridized carbons (Fsp3) is 0.318. The topological polar surface area (TPSA) is 80.8 Å². The summed E-state index contributed by atoms with van der Waals surface area (Å²) in [5.41, 5.74) is 4.56. The maximum atomic E-state index is 5.78. The van der Waals surface area contributed by atoms with E-state index in [2.05, 4.69) is 68.5 Å². The van der Waals surface area contributed by atoms with Gasteiger partial charge in [-0.1, -0.05) is 30.3 Å². The molecule has 0 spiro atoms. The molecular weight excluding hydrogens is 435 g/mol. The maximum Gasteiger partial charge on any atom is 0.162 e. The van der Waals surface area contributed by atoms with Crippen molar-refractivity contribution in [2.75, 3.05) is 6.54 Å². The van der Waals surface area contributed by atoms with Crippen LogP contribution < -0.4 is 10.6 Å². The first-order valence-electron chi connectivity index (χ1n) is 10.1. The van der Waals surface area contributed by atoms with Crippen LogP contribution >= 0.6 is 24.8 Å². The number of rotatable bonds is 6. The molecule has 0 bridgehead atoms. The van der Waals surface area contributed by atoms with E-state index < -0.39 is 0 Å². The molecule has 0 amide bonds. The smallest absolute Gasteiger partial charge is 0.162 e. The molecule has 2 aromatic carbocycles. The van der Waals surface area contributed by atoms with Crippen LogP contribution in [0.15, 0.2) is 65.5 Å². The lowest BCUT2D eigenvalue weighted by Gasteiger charge is -2.34. The van der Waals surface area contributed by atoms with Crippen LogP contribution in [0.3, 0.4) is 0 Å². The largest absolute Gasteiger partial charge is 0.464 e. The molecule has 7 nitrogen and oxygen atoms in total. The molecule has 4 aromatic rings. The summed E-state index contributed by atoms with van der Waals surface area (Å²) in [6.45, 7) is 2.39. The van der Waals surface area contributed by atoms with Gasteiger partial charge in [0.15, 0.2) is 6.33 Å². The van der Waals surface area contributed by atoms with Gasteiger partial charge in [-0.2, -0.15) is 4.80 Å². The molecule has 1 aliphatic heterocycles. The Labute approximate surface area is 193 Å². The molecule has 1 fully saturated rings. The molecule has 0 radical (unpaired) electrons. The average Bonchev–Trinajstić information content (AvgIpc) is 3.45. The molecule has 164 valence electrons. The van der Waals surface area contributed by atoms with Gasteiger partial charge in [0.25, 0.3) is 0 Å². The highest BCUT2D eigenvalue weighted by Crippen LogP contribution is 2.26. The Hall–Kier alpha value is -2.45. The molecule has 0 unspecified atom stereocenters. The Balaban J connectivity index is 0.00000136. The van der Waals surface area contributed by atoms with Crippen LogP contribution in [0, 0.1) is 0 Å². The summed E-state index contributed by atoms with van der Waals surface area (Å²) in [5, 5.41) is 20.5. The number of tetrazole rings is 1. The first-order chi connectivity index (χ1) is 14.4. The number of halogens is 2. The molecule has 1 saturated heterocycles. The van der Waals surface area contributed by atoms with Crippen LogP contribution in [0.4, 0.5) is 0 Å². The van der Waals surface area contributed by atoms with E-state index in [9.17, 15) is 0 Å². The normalized spacial score (nSPS) is 18.3. The molecule has 2 atom stereocenters. The van der Waals surface area contributed by atoms with Crippen molar-refractivity contribution in [3.63, 3.8) is 0 Å². The predicted octanol–water partition coefficient (Wildman–Crippen LogP) is 3.89. The van der Waals surface area contributed by atoms with E-state index in [1.54, 1.807) is 11.1 Å². The number of hydrogen-bond donors (Lipinski definition) is 2. The number of furan rings is 1. The van der Waals surface area contributed by atoms with Gasteiger partial charge in [0, 0.05) is 29.6 Å². The Morgan fingerprint density at radius 3 is 2.81 bits per heavy atom. The fourth-order valence-corrected chi connectivity index (χ4v) is 4.23. The van der Waals surface area contributed by atoms with E-state index in [4.69, 9.17) is 4.42 Å². The Bertz CT molecular complexity index is 1070. The minimum absolute atomic E-state index is 0. The number of aromatic nitrogens is 4. The number of piperidine rings is 1. The lowest BCUT2D eigenvalue weighted by molar-refractivity contribution is 0.304. The van der Waals surface area contributed by atoms with E-state index in [-0.39, 0.29) is 24.8 Å². The van der Waals surface area contributed by atoms with Crippen LogP contribution in [0.5, 0.6) is 0 Å². The Morgan fingerprint density at radius 1 is 1.13 bits per heavy atom. The molecule has 2 aromatic heterocycles. The van der Waals surface area contributed by atoms with Crippen molar-refractivity contribution >= 4 is 35.8 Å². The third-order valence-electron chi connectivity index (χ3n) is 5.58. The Morgan fingerprint density at radius 2 is 2.00 bits per heavy atom. The van der Waals surface area contributed by atoms with Crippen LogP contribution in [-0.2, 0) is 13.1 Å². The highest BCUT2D eigenvalue weighted by Gasteiger charge is 2.25. The van der Waals surface area contributed by atoms with Crippen molar-refractivity contribution in [3.05, 3.63) is 77.8 Å². The second-order valence-electron chi connectivity index (χ2n) is 7.53. The van der Waals surface area contributed by atoms with E-state index >= 15 is 0 Å². The first kappa shape index (κ1) is 23.2. The van der Waals surface area contributed by atoms with Crippen molar-refractivity contribution in [2.45, 2.75) is 38.0 Å². The van der Waals surface area contributed by atoms with Crippen LogP contribution in [0.1, 0.15) is 35.6 Å². The highest BCUT2D eigenvalue weighted by atomic mass is 35.5. The molecular formula is C22H26Cl2N6O. The number of nitrogens with one attached hydrogen (secondary N) is 2. The maximum absolute atomic E-state index is 5.78. The van der Waals surface area contributed by atoms with Crippen molar-refractivity contribution in [1.29, 1.82) is 0 Å². The van der Waals surface area contributed by atoms with Gasteiger partial charge in [-0.05, 0) is 53.9 Å². The Kier molecular flexibility index (Phi) is 8.03. The fourth-order valence-electron chi connectivity index (χ4n) is 4.23. The zero-order valence-corrected chi connectivity index (χ0v) is 18.6. The molecule has 0 aliphatic carbocycles. The highest BCUT2D eigenvalue weighted by molar-refractivity contribution is 5.85. The van der Waals surface area contributed by atoms with Crippen molar-refractivity contribution in [2.24, 2.45) is 0 Å². The van der Waals surface area contributed by atoms with Crippen LogP contribution in [0.25, 0.3) is 11.0 Å². The van der Waals surface area contributed by atoms with Crippen molar-refractivity contribution in [3.8, 4) is 0 Å². The van der Waals surface area contributed by atoms with Crippen LogP contribution in [0.2, 0.25) is 0 Å². The summed E-state index contributed by atoms with van der Waals surface area (Å²) in [7, 11) is 0. The van der Waals surface area contributed by atoms with Crippen molar-refractivity contribution in [1.82, 2.24) is 30.8 Å². The number of fused-ring (bicyclic) bond motifs is 1. The lowest BCUT2D eigenvalue weighted by atomic mass is 9.92. The average molecular weight is 461 g/mol. The molecule has 1 aliphatic rings. The summed E-state index contributed by atoms with van der Waals surface area (Å²) < 4.78 is 5.78. The van der Waals surface area contributed by atoms with Gasteiger partial charge in [-0.25, -0.2) is 0 Å². The number of nitrogens with zero attached hydrogens (tertiary/aromatic N) is 4. The monoisotopic (exact) mass is 460 g/mol. The van der Waals surface area contributed by atoms with Gasteiger partial charge >= 0.3 is 0 Å². The molecule has 3 heterocycles. The van der Waals surface area contributed by atoms with Gasteiger partial charge in [-0.15, -0.1) is 35.0 Å². The van der Waals surface area contributed by atoms with E-state index in [1.165, 1.54) is 18.3 Å². The van der Waals surface area contributed by atoms with E-state index in [0.717, 1.165) is 41.6 Å². The van der Waals surface area contributed by atoms with Crippen molar-refractivity contribution < 1.29 is 4.42 Å². The molecule has 2 N–H and O–H groups in total. The second kappa shape index (κ2) is 10.7. The molecule has 31 heavy (non-hydrogen) atoms. The second-order valence-corrected chi connectivity index (χ2v) is 7.53. The first-order valence-corrected chi connectivity index (χ1v) is 10.1. The summed E-state index contributed by atoms with van der Waals surface area (Å²) in [5.74, 6) is 0. The SMILES string of the molecule is Cl.Cl.c1ccc([C@@H]2NCCC[C@@H]2NCc2cc(Cn3ncnn3)cc3ccoc23)cc1. The standard InChI is InChI=1S/C22H24N6O.2ClH/c1-2-5-17(6-3-1)21-20(7-4-9-23-21)24-13-19-12-16(14-28-26-15-25-27-28)11-18-8-10-29-22(18)19;;/h1-3,5-6,8,10-12,15,20-21,23-24H,4,7,9,13-14H2;2*1H/t20-,21-;;/m0../s1. The van der Waals surface area contributed by atoms with E-state index in [1.807, 2.05) is 6.07 Å². The molecule has 0 saturated carbocycles. The summed E-state index contributed by atoms with van der Waals surface area (Å²) in [4.78, 5) is 1.59. The molecule has 9 heteroatoms. The lowest BCUT2D eigenvalue weighted by Crippen LogP contribution is -2.45. The van der Waals surface area contributed by atoms with Gasteiger partial charge in [0.05, 0.1) is 12.8 Å². The van der Waals surface area contributed by atoms with Gasteiger partial charge in [0.1, 0.15) is 5.58 Å². The summed E-state index contributed by atoms with van der Waals surface area (Å²) >= 11 is 0. The minimum atomic E-state index is 0. The zero-order valence-electron chi connectivity index (χ0n) is 17.0. The third kappa shape index (κ3) is 5.25. The number of hydrogen-bond acceptors (Lipinski definition) is 6. The minimum Gasteiger partial charge on any atom is -0.464 e. The summed E-state index contributed by atoms with van der Waals surface area (Å²) in [6.07, 6.45) is 5.53. The third-order valence-corrected chi connectivity index (χ3v) is 5.58. The molecule has 5 rings (SSSR count). The quantitative estimate of drug-likeness (QED) is 0.454.